The smallest absolute Gasteiger partial charge is 0.225 e. The van der Waals surface area contributed by atoms with Crippen LogP contribution >= 0.6 is 24.0 Å². The van der Waals surface area contributed by atoms with Gasteiger partial charge in [0.25, 0.3) is 0 Å². The van der Waals surface area contributed by atoms with Crippen molar-refractivity contribution in [2.24, 2.45) is 4.99 Å². The van der Waals surface area contributed by atoms with Gasteiger partial charge in [-0.25, -0.2) is 9.97 Å². The van der Waals surface area contributed by atoms with E-state index in [0.29, 0.717) is 0 Å². The molecule has 2 aliphatic heterocycles. The lowest BCUT2D eigenvalue weighted by molar-refractivity contribution is 0.220. The normalized spacial score (nSPS) is 17.9. The summed E-state index contributed by atoms with van der Waals surface area (Å²) >= 11 is 0. The van der Waals surface area contributed by atoms with Crippen LogP contribution < -0.4 is 10.2 Å². The number of nitrogens with zero attached hydrogens (tertiary/aromatic N) is 6. The first-order chi connectivity index (χ1) is 14.8. The fourth-order valence-electron chi connectivity index (χ4n) is 4.32. The number of benzene rings is 1. The van der Waals surface area contributed by atoms with Crippen molar-refractivity contribution >= 4 is 35.9 Å². The van der Waals surface area contributed by atoms with E-state index in [1.807, 2.05) is 13.1 Å². The quantitative estimate of drug-likeness (QED) is 0.361. The molecule has 3 heterocycles. The van der Waals surface area contributed by atoms with E-state index in [1.54, 1.807) is 12.4 Å². The molecule has 8 heteroatoms. The molecule has 0 aliphatic carbocycles. The van der Waals surface area contributed by atoms with Crippen molar-refractivity contribution in [3.05, 3.63) is 53.9 Å². The van der Waals surface area contributed by atoms with Crippen LogP contribution in [0.5, 0.6) is 0 Å². The number of nitrogens with one attached hydrogen (secondary N) is 1. The number of hydrogen-bond acceptors (Lipinski definition) is 5. The predicted octanol–water partition coefficient (Wildman–Crippen LogP) is 2.98. The fraction of sp³-hybridized carbons (Fsp3) is 0.522. The molecule has 0 spiro atoms. The number of halogens is 1. The lowest BCUT2D eigenvalue weighted by Crippen LogP contribution is -2.52. The van der Waals surface area contributed by atoms with Gasteiger partial charge in [0.05, 0.1) is 0 Å². The lowest BCUT2D eigenvalue weighted by Gasteiger charge is -2.36. The van der Waals surface area contributed by atoms with Gasteiger partial charge in [-0.05, 0) is 43.1 Å². The number of hydrogen-bond donors (Lipinski definition) is 1. The van der Waals surface area contributed by atoms with Gasteiger partial charge in [-0.2, -0.15) is 0 Å². The first kappa shape index (κ1) is 23.7. The van der Waals surface area contributed by atoms with Gasteiger partial charge in [0.2, 0.25) is 5.95 Å². The Balaban J connectivity index is 0.00000272. The van der Waals surface area contributed by atoms with Gasteiger partial charge in [0.1, 0.15) is 0 Å². The van der Waals surface area contributed by atoms with Gasteiger partial charge >= 0.3 is 0 Å². The van der Waals surface area contributed by atoms with Gasteiger partial charge in [-0.15, -0.1) is 24.0 Å². The van der Waals surface area contributed by atoms with Gasteiger partial charge in [0, 0.05) is 58.7 Å². The molecule has 4 rings (SSSR count). The molecule has 2 fully saturated rings. The fourth-order valence-corrected chi connectivity index (χ4v) is 4.32. The highest BCUT2D eigenvalue weighted by atomic mass is 127. The molecular weight excluding hydrogens is 501 g/mol. The monoisotopic (exact) mass is 535 g/mol. The molecule has 2 aromatic rings. The van der Waals surface area contributed by atoms with Crippen LogP contribution in [0.3, 0.4) is 0 Å². The van der Waals surface area contributed by atoms with Crippen LogP contribution in [0.2, 0.25) is 0 Å². The maximum absolute atomic E-state index is 4.54. The third-order valence-electron chi connectivity index (χ3n) is 6.02. The van der Waals surface area contributed by atoms with Crippen molar-refractivity contribution in [1.82, 2.24) is 25.1 Å². The number of aliphatic imine (C=N–C) groups is 1. The average molecular weight is 535 g/mol. The SMILES string of the molecule is CN=C(NCc1ccccc1CN1CCCCC1)N1CCN(c2ncccn2)CC1.I. The summed E-state index contributed by atoms with van der Waals surface area (Å²) in [5.41, 5.74) is 2.79. The Kier molecular flexibility index (Phi) is 9.32. The van der Waals surface area contributed by atoms with Crippen LogP contribution in [0, 0.1) is 0 Å². The Morgan fingerprint density at radius 1 is 0.903 bits per heavy atom. The van der Waals surface area contributed by atoms with Crippen molar-refractivity contribution in [1.29, 1.82) is 0 Å². The minimum Gasteiger partial charge on any atom is -0.352 e. The second kappa shape index (κ2) is 12.2. The number of aromatic nitrogens is 2. The number of anilines is 1. The number of guanidine groups is 1. The zero-order valence-electron chi connectivity index (χ0n) is 18.4. The van der Waals surface area contributed by atoms with E-state index < -0.39 is 0 Å². The van der Waals surface area contributed by atoms with Crippen molar-refractivity contribution in [2.45, 2.75) is 32.4 Å². The van der Waals surface area contributed by atoms with Crippen LogP contribution in [0.15, 0.2) is 47.7 Å². The maximum Gasteiger partial charge on any atom is 0.225 e. The molecule has 0 amide bonds. The van der Waals surface area contributed by atoms with Crippen LogP contribution in [0.1, 0.15) is 30.4 Å². The molecule has 1 aromatic heterocycles. The summed E-state index contributed by atoms with van der Waals surface area (Å²) < 4.78 is 0. The standard InChI is InChI=1S/C23H33N7.HI/c1-24-22(29-14-16-30(17-15-29)23-25-10-7-11-26-23)27-18-20-8-3-4-9-21(20)19-28-12-5-2-6-13-28;/h3-4,7-11H,2,5-6,12-19H2,1H3,(H,24,27);1H. The topological polar surface area (TPSA) is 59.9 Å². The van der Waals surface area contributed by atoms with Crippen LogP contribution in [0.4, 0.5) is 5.95 Å². The van der Waals surface area contributed by atoms with E-state index in [1.165, 1.54) is 43.5 Å². The summed E-state index contributed by atoms with van der Waals surface area (Å²) in [6, 6.07) is 10.7. The first-order valence-corrected chi connectivity index (χ1v) is 11.1. The highest BCUT2D eigenvalue weighted by molar-refractivity contribution is 14.0. The maximum atomic E-state index is 4.54. The van der Waals surface area contributed by atoms with Crippen LogP contribution in [-0.4, -0.2) is 72.0 Å². The Hall–Kier alpha value is -1.94. The van der Waals surface area contributed by atoms with E-state index in [0.717, 1.165) is 51.2 Å². The predicted molar refractivity (Wildman–Crippen MR) is 137 cm³/mol. The second-order valence-electron chi connectivity index (χ2n) is 8.03. The Morgan fingerprint density at radius 3 is 2.26 bits per heavy atom. The highest BCUT2D eigenvalue weighted by Gasteiger charge is 2.21. The summed E-state index contributed by atoms with van der Waals surface area (Å²) in [5, 5.41) is 3.60. The van der Waals surface area contributed by atoms with Gasteiger partial charge < -0.3 is 15.1 Å². The Morgan fingerprint density at radius 2 is 1.58 bits per heavy atom. The van der Waals surface area contributed by atoms with E-state index in [-0.39, 0.29) is 24.0 Å². The Bertz CT molecular complexity index is 816. The summed E-state index contributed by atoms with van der Waals surface area (Å²) in [6.07, 6.45) is 7.63. The van der Waals surface area contributed by atoms with Crippen molar-refractivity contribution in [3.63, 3.8) is 0 Å². The molecule has 0 unspecified atom stereocenters. The van der Waals surface area contributed by atoms with E-state index >= 15 is 0 Å². The van der Waals surface area contributed by atoms with Crippen molar-refractivity contribution < 1.29 is 0 Å². The Labute approximate surface area is 203 Å². The summed E-state index contributed by atoms with van der Waals surface area (Å²) in [7, 11) is 1.87. The molecule has 2 saturated heterocycles. The van der Waals surface area contributed by atoms with Crippen molar-refractivity contribution in [3.8, 4) is 0 Å². The average Bonchev–Trinajstić information content (AvgIpc) is 2.82. The molecule has 31 heavy (non-hydrogen) atoms. The van der Waals surface area contributed by atoms with Crippen molar-refractivity contribution in [2.75, 3.05) is 51.2 Å². The van der Waals surface area contributed by atoms with E-state index in [2.05, 4.69) is 59.2 Å². The second-order valence-corrected chi connectivity index (χ2v) is 8.03. The molecule has 1 N–H and O–H groups in total. The summed E-state index contributed by atoms with van der Waals surface area (Å²) in [4.78, 5) is 20.4. The number of piperidine rings is 1. The molecule has 0 bridgehead atoms. The van der Waals surface area contributed by atoms with Gasteiger partial charge in [-0.3, -0.25) is 9.89 Å². The number of likely N-dealkylation sites (tertiary alicyclic amines) is 1. The molecule has 168 valence electrons. The number of piperazine rings is 1. The van der Waals surface area contributed by atoms with E-state index in [9.17, 15) is 0 Å². The third kappa shape index (κ3) is 6.52. The zero-order chi connectivity index (χ0) is 20.6. The summed E-state index contributed by atoms with van der Waals surface area (Å²) in [6.45, 7) is 7.91. The lowest BCUT2D eigenvalue weighted by atomic mass is 10.0. The zero-order valence-corrected chi connectivity index (χ0v) is 20.7. The highest BCUT2D eigenvalue weighted by Crippen LogP contribution is 2.16. The molecule has 1 aromatic carbocycles. The van der Waals surface area contributed by atoms with Crippen LogP contribution in [-0.2, 0) is 13.1 Å². The minimum absolute atomic E-state index is 0. The molecular formula is C23H34IN7. The van der Waals surface area contributed by atoms with E-state index in [4.69, 9.17) is 0 Å². The minimum atomic E-state index is 0. The molecule has 2 aliphatic rings. The summed E-state index contributed by atoms with van der Waals surface area (Å²) in [5.74, 6) is 1.78. The third-order valence-corrected chi connectivity index (χ3v) is 6.02. The molecule has 7 nitrogen and oxygen atoms in total. The first-order valence-electron chi connectivity index (χ1n) is 11.1. The molecule has 0 radical (unpaired) electrons. The van der Waals surface area contributed by atoms with Gasteiger partial charge in [-0.1, -0.05) is 30.7 Å². The van der Waals surface area contributed by atoms with Gasteiger partial charge in [0.15, 0.2) is 5.96 Å². The largest absolute Gasteiger partial charge is 0.352 e. The molecule has 0 atom stereocenters. The molecule has 0 saturated carbocycles. The van der Waals surface area contributed by atoms with Crippen LogP contribution in [0.25, 0.3) is 0 Å². The number of rotatable bonds is 5.